The number of guanidine groups is 1. The fraction of sp³-hybridized carbons (Fsp3) is 0.286. The van der Waals surface area contributed by atoms with Gasteiger partial charge in [0.25, 0.3) is 0 Å². The number of benzene rings is 2. The van der Waals surface area contributed by atoms with E-state index in [9.17, 15) is 10.2 Å². The maximum atomic E-state index is 11.0. The lowest BCUT2D eigenvalue weighted by molar-refractivity contribution is -0.0382. The van der Waals surface area contributed by atoms with Gasteiger partial charge >= 0.3 is 0 Å². The van der Waals surface area contributed by atoms with Crippen LogP contribution in [0.15, 0.2) is 78.3 Å². The third kappa shape index (κ3) is 5.94. The van der Waals surface area contributed by atoms with Crippen molar-refractivity contribution < 1.29 is 14.9 Å². The van der Waals surface area contributed by atoms with E-state index in [1.54, 1.807) is 4.57 Å². The van der Waals surface area contributed by atoms with Crippen molar-refractivity contribution in [1.82, 2.24) is 34.7 Å². The fourth-order valence-corrected chi connectivity index (χ4v) is 5.12. The SMILES string of the molecule is NC(N)=NCCNc1nc(NCC(c2ccccc2)c2ccccc2)c2ncn([C@@H]3O[C@H](c4ncn[nH]4)[C@@H](O)[C@H]3O)c2n1. The van der Waals surface area contributed by atoms with Gasteiger partial charge in [0.15, 0.2) is 35.0 Å². The van der Waals surface area contributed by atoms with Crippen LogP contribution in [-0.2, 0) is 4.74 Å². The van der Waals surface area contributed by atoms with Gasteiger partial charge in [0.1, 0.15) is 24.6 Å². The minimum atomic E-state index is -1.29. The van der Waals surface area contributed by atoms with Gasteiger partial charge in [-0.2, -0.15) is 15.1 Å². The molecule has 0 spiro atoms. The number of H-pyrrole nitrogens is 1. The number of rotatable bonds is 11. The first-order chi connectivity index (χ1) is 21.0. The highest BCUT2D eigenvalue weighted by Crippen LogP contribution is 2.39. The van der Waals surface area contributed by atoms with Crippen LogP contribution in [0, 0.1) is 0 Å². The number of nitrogens with zero attached hydrogens (tertiary/aromatic N) is 7. The zero-order chi connectivity index (χ0) is 29.8. The summed E-state index contributed by atoms with van der Waals surface area (Å²) in [7, 11) is 0. The summed E-state index contributed by atoms with van der Waals surface area (Å²) >= 11 is 0. The molecule has 0 saturated carbocycles. The lowest BCUT2D eigenvalue weighted by Gasteiger charge is -2.20. The molecule has 4 atom stereocenters. The molecule has 0 aliphatic carbocycles. The highest BCUT2D eigenvalue weighted by atomic mass is 16.6. The predicted octanol–water partition coefficient (Wildman–Crippen LogP) is 0.866. The molecule has 4 heterocycles. The zero-order valence-electron chi connectivity index (χ0n) is 23.0. The second kappa shape index (κ2) is 12.4. The molecule has 0 amide bonds. The van der Waals surface area contributed by atoms with E-state index in [2.05, 4.69) is 65.0 Å². The van der Waals surface area contributed by atoms with Crippen molar-refractivity contribution in [2.45, 2.75) is 30.5 Å². The van der Waals surface area contributed by atoms with E-state index in [0.29, 0.717) is 48.4 Å². The number of aromatic nitrogens is 7. The maximum Gasteiger partial charge on any atom is 0.226 e. The summed E-state index contributed by atoms with van der Waals surface area (Å²) in [6.45, 7) is 1.18. The van der Waals surface area contributed by atoms with Gasteiger partial charge in [-0.25, -0.2) is 9.97 Å². The van der Waals surface area contributed by atoms with E-state index in [0.717, 1.165) is 11.1 Å². The van der Waals surface area contributed by atoms with Crippen molar-refractivity contribution in [3.63, 3.8) is 0 Å². The minimum absolute atomic E-state index is 0.0151. The molecule has 1 aliphatic rings. The number of aliphatic hydroxyl groups excluding tert-OH is 2. The summed E-state index contributed by atoms with van der Waals surface area (Å²) < 4.78 is 7.61. The van der Waals surface area contributed by atoms with Crippen LogP contribution in [0.3, 0.4) is 0 Å². The number of hydrogen-bond donors (Lipinski definition) is 7. The average molecular weight is 585 g/mol. The van der Waals surface area contributed by atoms with Crippen molar-refractivity contribution in [3.8, 4) is 0 Å². The molecular weight excluding hydrogens is 552 g/mol. The van der Waals surface area contributed by atoms with Gasteiger partial charge in [0.2, 0.25) is 5.95 Å². The van der Waals surface area contributed by atoms with Crippen LogP contribution < -0.4 is 22.1 Å². The summed E-state index contributed by atoms with van der Waals surface area (Å²) in [4.78, 5) is 22.0. The molecule has 1 fully saturated rings. The van der Waals surface area contributed by atoms with Gasteiger partial charge in [-0.1, -0.05) is 60.7 Å². The van der Waals surface area contributed by atoms with Crippen LogP contribution in [0.2, 0.25) is 0 Å². The van der Waals surface area contributed by atoms with E-state index in [4.69, 9.17) is 21.2 Å². The van der Waals surface area contributed by atoms with Gasteiger partial charge < -0.3 is 37.1 Å². The minimum Gasteiger partial charge on any atom is -0.387 e. The number of ether oxygens (including phenoxy) is 1. The topological polar surface area (TPSA) is 223 Å². The molecule has 15 nitrogen and oxygen atoms in total. The maximum absolute atomic E-state index is 11.0. The zero-order valence-corrected chi connectivity index (χ0v) is 23.0. The summed E-state index contributed by atoms with van der Waals surface area (Å²) in [5, 5.41) is 34.8. The number of hydrogen-bond acceptors (Lipinski definition) is 11. The molecule has 15 heteroatoms. The molecule has 1 saturated heterocycles. The summed E-state index contributed by atoms with van der Waals surface area (Å²) in [6.07, 6.45) is -1.67. The second-order valence-electron chi connectivity index (χ2n) is 10.0. The number of aromatic amines is 1. The molecule has 5 aromatic rings. The van der Waals surface area contributed by atoms with Crippen molar-refractivity contribution in [3.05, 3.63) is 90.3 Å². The van der Waals surface area contributed by atoms with Crippen LogP contribution in [-0.4, -0.2) is 82.7 Å². The molecular formula is C28H32N12O3. The smallest absolute Gasteiger partial charge is 0.226 e. The van der Waals surface area contributed by atoms with Crippen molar-refractivity contribution in [2.24, 2.45) is 16.5 Å². The number of imidazole rings is 1. The Hall–Kier alpha value is -5.12. The Labute approximate surface area is 246 Å². The molecule has 3 aromatic heterocycles. The van der Waals surface area contributed by atoms with Crippen molar-refractivity contribution >= 4 is 28.9 Å². The molecule has 1 aliphatic heterocycles. The Morgan fingerprint density at radius 1 is 0.977 bits per heavy atom. The van der Waals surface area contributed by atoms with E-state index >= 15 is 0 Å². The molecule has 0 bridgehead atoms. The number of aliphatic hydroxyl groups is 2. The van der Waals surface area contributed by atoms with E-state index in [1.165, 1.54) is 12.7 Å². The first-order valence-corrected chi connectivity index (χ1v) is 13.7. The van der Waals surface area contributed by atoms with Gasteiger partial charge in [0, 0.05) is 19.0 Å². The molecule has 0 radical (unpaired) electrons. The lowest BCUT2D eigenvalue weighted by atomic mass is 9.91. The first-order valence-electron chi connectivity index (χ1n) is 13.7. The Bertz CT molecular complexity index is 1620. The number of fused-ring (bicyclic) bond motifs is 1. The molecule has 0 unspecified atom stereocenters. The number of nitrogens with one attached hydrogen (secondary N) is 3. The summed E-state index contributed by atoms with van der Waals surface area (Å²) in [6, 6.07) is 20.4. The Kier molecular flexibility index (Phi) is 8.08. The van der Waals surface area contributed by atoms with Gasteiger partial charge in [-0.3, -0.25) is 14.7 Å². The lowest BCUT2D eigenvalue weighted by Crippen LogP contribution is -2.29. The molecule has 43 heavy (non-hydrogen) atoms. The van der Waals surface area contributed by atoms with Crippen molar-refractivity contribution in [2.75, 3.05) is 30.3 Å². The van der Waals surface area contributed by atoms with Crippen LogP contribution in [0.1, 0.15) is 35.2 Å². The Morgan fingerprint density at radius 3 is 2.35 bits per heavy atom. The fourth-order valence-electron chi connectivity index (χ4n) is 5.12. The quantitative estimate of drug-likeness (QED) is 0.0652. The average Bonchev–Trinajstić information content (AvgIpc) is 3.77. The highest BCUT2D eigenvalue weighted by molar-refractivity contribution is 5.84. The number of anilines is 2. The second-order valence-corrected chi connectivity index (χ2v) is 10.0. The first kappa shape index (κ1) is 28.0. The molecule has 2 aromatic carbocycles. The van der Waals surface area contributed by atoms with Gasteiger partial charge in [0.05, 0.1) is 12.9 Å². The van der Waals surface area contributed by atoms with E-state index in [-0.39, 0.29) is 11.9 Å². The standard InChI is InChI=1S/C28H32N12O3/c29-27(30)31-11-12-32-28-37-23(33-13-18(16-7-3-1-4-8-16)17-9-5-2-6-10-17)19-25(38-28)40(15-35-19)26-21(42)20(41)22(43-26)24-34-14-36-39-24/h1-10,14-15,18,20-22,26,41-42H,11-13H2,(H4,29,30,31)(H,34,36,39)(H2,32,33,37,38)/t20-,21+,22-,26+/m0/s1. The number of aliphatic imine (C=N–C) groups is 1. The van der Waals surface area contributed by atoms with Crippen LogP contribution in [0.25, 0.3) is 11.2 Å². The van der Waals surface area contributed by atoms with E-state index < -0.39 is 24.5 Å². The molecule has 222 valence electrons. The monoisotopic (exact) mass is 584 g/mol. The van der Waals surface area contributed by atoms with Crippen molar-refractivity contribution in [1.29, 1.82) is 0 Å². The third-order valence-electron chi connectivity index (χ3n) is 7.20. The predicted molar refractivity (Wildman–Crippen MR) is 159 cm³/mol. The number of nitrogens with two attached hydrogens (primary N) is 2. The Morgan fingerprint density at radius 2 is 1.70 bits per heavy atom. The summed E-state index contributed by atoms with van der Waals surface area (Å²) in [5.74, 6) is 1.07. The van der Waals surface area contributed by atoms with Gasteiger partial charge in [-0.15, -0.1) is 0 Å². The highest BCUT2D eigenvalue weighted by Gasteiger charge is 2.46. The van der Waals surface area contributed by atoms with Crippen LogP contribution in [0.5, 0.6) is 0 Å². The largest absolute Gasteiger partial charge is 0.387 e. The molecule has 6 rings (SSSR count). The molecule has 9 N–H and O–H groups in total. The third-order valence-corrected chi connectivity index (χ3v) is 7.20. The van der Waals surface area contributed by atoms with Crippen LogP contribution in [0.4, 0.5) is 11.8 Å². The summed E-state index contributed by atoms with van der Waals surface area (Å²) in [5.41, 5.74) is 14.0. The van der Waals surface area contributed by atoms with Gasteiger partial charge in [-0.05, 0) is 11.1 Å². The normalized spacial score (nSPS) is 20.0. The van der Waals surface area contributed by atoms with E-state index in [1.807, 2.05) is 36.4 Å². The Balaban J connectivity index is 1.34. The van der Waals surface area contributed by atoms with Crippen LogP contribution >= 0.6 is 0 Å².